The molecule has 4 heteroatoms. The summed E-state index contributed by atoms with van der Waals surface area (Å²) >= 11 is 0. The van der Waals surface area contributed by atoms with Gasteiger partial charge in [0.2, 0.25) is 0 Å². The minimum atomic E-state index is -0.751. The van der Waals surface area contributed by atoms with Crippen molar-refractivity contribution in [2.45, 2.75) is 51.5 Å². The molecule has 16 heavy (non-hydrogen) atoms. The van der Waals surface area contributed by atoms with Crippen molar-refractivity contribution in [2.75, 3.05) is 0 Å². The summed E-state index contributed by atoms with van der Waals surface area (Å²) in [7, 11) is 0. The number of rotatable bonds is 1. The van der Waals surface area contributed by atoms with Gasteiger partial charge in [-0.2, -0.15) is 0 Å². The summed E-state index contributed by atoms with van der Waals surface area (Å²) in [5.41, 5.74) is 0.962. The van der Waals surface area contributed by atoms with Crippen LogP contribution in [-0.2, 0) is 16.6 Å². The third-order valence-corrected chi connectivity index (χ3v) is 3.08. The smallest absolute Gasteiger partial charge is 0.326 e. The predicted molar refractivity (Wildman–Crippen MR) is 60.5 cm³/mol. The van der Waals surface area contributed by atoms with E-state index in [1.807, 2.05) is 10.8 Å². The van der Waals surface area contributed by atoms with Crippen molar-refractivity contribution in [3.05, 3.63) is 17.7 Å². The van der Waals surface area contributed by atoms with Crippen LogP contribution < -0.4 is 0 Å². The van der Waals surface area contributed by atoms with Crippen LogP contribution >= 0.6 is 0 Å². The third-order valence-electron chi connectivity index (χ3n) is 3.08. The van der Waals surface area contributed by atoms with Crippen molar-refractivity contribution in [1.29, 1.82) is 0 Å². The molecule has 1 atom stereocenters. The fourth-order valence-electron chi connectivity index (χ4n) is 2.08. The second kappa shape index (κ2) is 3.61. The second-order valence-corrected chi connectivity index (χ2v) is 5.45. The van der Waals surface area contributed by atoms with Crippen LogP contribution in [0.25, 0.3) is 0 Å². The number of hydrogen-bond acceptors (Lipinski definition) is 2. The van der Waals surface area contributed by atoms with E-state index in [0.717, 1.165) is 24.4 Å². The summed E-state index contributed by atoms with van der Waals surface area (Å²) in [6.07, 6.45) is 4.42. The Hall–Kier alpha value is -1.32. The van der Waals surface area contributed by atoms with E-state index in [2.05, 4.69) is 25.8 Å². The maximum Gasteiger partial charge on any atom is 0.326 e. The number of carboxylic acid groups (broad SMARTS) is 1. The number of hydrogen-bond donors (Lipinski definition) is 1. The summed E-state index contributed by atoms with van der Waals surface area (Å²) in [6.45, 7) is 6.28. The highest BCUT2D eigenvalue weighted by Crippen LogP contribution is 2.29. The first-order valence-corrected chi connectivity index (χ1v) is 5.70. The summed E-state index contributed by atoms with van der Waals surface area (Å²) in [6, 6.07) is -0.424. The van der Waals surface area contributed by atoms with Gasteiger partial charge < -0.3 is 9.67 Å². The molecule has 88 valence electrons. The number of fused-ring (bicyclic) bond motifs is 1. The Morgan fingerprint density at radius 1 is 1.56 bits per heavy atom. The molecule has 0 radical (unpaired) electrons. The third kappa shape index (κ3) is 1.84. The van der Waals surface area contributed by atoms with Gasteiger partial charge in [-0.05, 0) is 12.8 Å². The van der Waals surface area contributed by atoms with E-state index in [9.17, 15) is 4.79 Å². The van der Waals surface area contributed by atoms with E-state index in [-0.39, 0.29) is 5.41 Å². The normalized spacial score (nSPS) is 20.6. The summed E-state index contributed by atoms with van der Waals surface area (Å²) < 4.78 is 1.84. The number of nitrogens with zero attached hydrogens (tertiary/aromatic N) is 2. The van der Waals surface area contributed by atoms with Crippen molar-refractivity contribution in [3.63, 3.8) is 0 Å². The minimum Gasteiger partial charge on any atom is -0.480 e. The number of imidazole rings is 1. The summed E-state index contributed by atoms with van der Waals surface area (Å²) in [4.78, 5) is 15.7. The van der Waals surface area contributed by atoms with Gasteiger partial charge in [0.15, 0.2) is 0 Å². The van der Waals surface area contributed by atoms with E-state index >= 15 is 0 Å². The van der Waals surface area contributed by atoms with Crippen LogP contribution in [0.3, 0.4) is 0 Å². The van der Waals surface area contributed by atoms with Crippen LogP contribution in [0.4, 0.5) is 0 Å². The Labute approximate surface area is 95.3 Å². The molecule has 0 saturated heterocycles. The van der Waals surface area contributed by atoms with Gasteiger partial charge >= 0.3 is 5.97 Å². The maximum absolute atomic E-state index is 11.1. The first kappa shape index (κ1) is 11.2. The SMILES string of the molecule is CC(C)(C)c1cn2c(n1)CCCC2C(=O)O. The molecule has 0 aromatic carbocycles. The molecular formula is C12H18N2O2. The number of aryl methyl sites for hydroxylation is 1. The molecule has 1 aliphatic heterocycles. The number of carboxylic acids is 1. The lowest BCUT2D eigenvalue weighted by molar-refractivity contribution is -0.141. The van der Waals surface area contributed by atoms with Gasteiger partial charge in [-0.3, -0.25) is 0 Å². The summed E-state index contributed by atoms with van der Waals surface area (Å²) in [5.74, 6) is 0.169. The van der Waals surface area contributed by atoms with Crippen LogP contribution in [0, 0.1) is 0 Å². The Morgan fingerprint density at radius 2 is 2.25 bits per heavy atom. The lowest BCUT2D eigenvalue weighted by Crippen LogP contribution is -2.24. The Morgan fingerprint density at radius 3 is 2.81 bits per heavy atom. The largest absolute Gasteiger partial charge is 0.480 e. The molecule has 4 nitrogen and oxygen atoms in total. The zero-order valence-corrected chi connectivity index (χ0v) is 10.0. The topological polar surface area (TPSA) is 55.1 Å². The van der Waals surface area contributed by atoms with Gasteiger partial charge in [0.25, 0.3) is 0 Å². The molecule has 0 bridgehead atoms. The highest BCUT2D eigenvalue weighted by atomic mass is 16.4. The standard InChI is InChI=1S/C12H18N2O2/c1-12(2,3)9-7-14-8(11(15)16)5-4-6-10(14)13-9/h7-8H,4-6H2,1-3H3,(H,15,16). The molecule has 0 aliphatic carbocycles. The monoisotopic (exact) mass is 222 g/mol. The highest BCUT2D eigenvalue weighted by molar-refractivity contribution is 5.72. The van der Waals surface area contributed by atoms with Gasteiger partial charge in [0, 0.05) is 18.0 Å². The number of aliphatic carboxylic acids is 1. The van der Waals surface area contributed by atoms with Gasteiger partial charge in [-0.1, -0.05) is 20.8 Å². The van der Waals surface area contributed by atoms with E-state index in [1.165, 1.54) is 0 Å². The average molecular weight is 222 g/mol. The number of carbonyl (C=O) groups is 1. The lowest BCUT2D eigenvalue weighted by Gasteiger charge is -2.21. The fraction of sp³-hybridized carbons (Fsp3) is 0.667. The lowest BCUT2D eigenvalue weighted by atomic mass is 9.93. The molecule has 2 heterocycles. The van der Waals surface area contributed by atoms with Gasteiger partial charge in [-0.25, -0.2) is 9.78 Å². The van der Waals surface area contributed by atoms with Crippen LogP contribution in [0.1, 0.15) is 51.2 Å². The van der Waals surface area contributed by atoms with Crippen LogP contribution in [0.5, 0.6) is 0 Å². The Balaban J connectivity index is 2.42. The van der Waals surface area contributed by atoms with Crippen LogP contribution in [-0.4, -0.2) is 20.6 Å². The van der Waals surface area contributed by atoms with Crippen molar-refractivity contribution >= 4 is 5.97 Å². The molecule has 1 unspecified atom stereocenters. The first-order chi connectivity index (χ1) is 7.39. The molecule has 1 aromatic rings. The average Bonchev–Trinajstić information content (AvgIpc) is 2.59. The van der Waals surface area contributed by atoms with Gasteiger partial charge in [0.05, 0.1) is 5.69 Å². The molecule has 0 spiro atoms. The molecule has 2 rings (SSSR count). The van der Waals surface area contributed by atoms with Crippen molar-refractivity contribution in [2.24, 2.45) is 0 Å². The fourth-order valence-corrected chi connectivity index (χ4v) is 2.08. The first-order valence-electron chi connectivity index (χ1n) is 5.70. The molecule has 0 fully saturated rings. The van der Waals surface area contributed by atoms with Gasteiger partial charge in [-0.15, -0.1) is 0 Å². The Kier molecular flexibility index (Phi) is 2.52. The van der Waals surface area contributed by atoms with Crippen molar-refractivity contribution in [3.8, 4) is 0 Å². The predicted octanol–water partition coefficient (Wildman–Crippen LogP) is 2.14. The highest BCUT2D eigenvalue weighted by Gasteiger charge is 2.29. The molecule has 0 saturated carbocycles. The molecule has 0 amide bonds. The second-order valence-electron chi connectivity index (χ2n) is 5.45. The zero-order chi connectivity index (χ0) is 11.9. The van der Waals surface area contributed by atoms with E-state index in [0.29, 0.717) is 6.42 Å². The van der Waals surface area contributed by atoms with E-state index in [4.69, 9.17) is 5.11 Å². The zero-order valence-electron chi connectivity index (χ0n) is 10.0. The van der Waals surface area contributed by atoms with Crippen LogP contribution in [0.15, 0.2) is 6.20 Å². The molecular weight excluding hydrogens is 204 g/mol. The quantitative estimate of drug-likeness (QED) is 0.792. The maximum atomic E-state index is 11.1. The number of aromatic nitrogens is 2. The van der Waals surface area contributed by atoms with Crippen LogP contribution in [0.2, 0.25) is 0 Å². The Bertz CT molecular complexity index is 415. The molecule has 1 N–H and O–H groups in total. The van der Waals surface area contributed by atoms with Crippen molar-refractivity contribution < 1.29 is 9.90 Å². The molecule has 1 aliphatic rings. The molecule has 1 aromatic heterocycles. The van der Waals surface area contributed by atoms with Gasteiger partial charge in [0.1, 0.15) is 11.9 Å². The van der Waals surface area contributed by atoms with Crippen molar-refractivity contribution in [1.82, 2.24) is 9.55 Å². The van der Waals surface area contributed by atoms with E-state index < -0.39 is 12.0 Å². The van der Waals surface area contributed by atoms with E-state index in [1.54, 1.807) is 0 Å². The minimum absolute atomic E-state index is 0.0204. The summed E-state index contributed by atoms with van der Waals surface area (Å²) in [5, 5.41) is 9.15.